The number of pyridine rings is 1. The van der Waals surface area contributed by atoms with Crippen LogP contribution >= 0.6 is 23.2 Å². The van der Waals surface area contributed by atoms with Gasteiger partial charge in [0.1, 0.15) is 22.0 Å². The summed E-state index contributed by atoms with van der Waals surface area (Å²) in [4.78, 5) is 30.0. The number of nitrogens with zero attached hydrogens (tertiary/aromatic N) is 3. The van der Waals surface area contributed by atoms with E-state index in [-0.39, 0.29) is 56.9 Å². The van der Waals surface area contributed by atoms with Crippen LogP contribution in [0.4, 0.5) is 23.7 Å². The number of para-hydroxylation sites is 1. The average Bonchev–Trinajstić information content (AvgIpc) is 3.11. The molecule has 2 atom stereocenters. The highest BCUT2D eigenvalue weighted by molar-refractivity contribution is 6.35. The molecule has 3 saturated heterocycles. The number of aromatic carboxylic acids is 1. The van der Waals surface area contributed by atoms with Gasteiger partial charge in [-0.15, -0.1) is 0 Å². The van der Waals surface area contributed by atoms with Crippen LogP contribution < -0.4 is 19.1 Å². The van der Waals surface area contributed by atoms with Crippen LogP contribution in [0.1, 0.15) is 55.5 Å². The SMILES string of the molecule is [2H]C([2H])([2H])Oc1cc([C@H](Cc2c(Cl)c[n+](O)cc2Cl)c2cc(CN(C(=O)O[C@H]3CN4CCC3CC4)c3ccccc3F)ccc2C(=O)O)ccc1OC(F)F. The number of carboxylic acid groups (broad SMARTS) is 1. The van der Waals surface area contributed by atoms with Gasteiger partial charge in [0.05, 0.1) is 28.9 Å². The highest BCUT2D eigenvalue weighted by Crippen LogP contribution is 2.40. The molecular formula is C37H35Cl2F3N3O7+. The molecule has 3 aliphatic heterocycles. The van der Waals surface area contributed by atoms with Gasteiger partial charge in [0.2, 0.25) is 12.4 Å². The number of carbonyl (C=O) groups excluding carboxylic acids is 1. The Morgan fingerprint density at radius 1 is 1.06 bits per heavy atom. The lowest BCUT2D eigenvalue weighted by atomic mass is 9.82. The number of fused-ring (bicyclic) bond motifs is 3. The third-order valence-electron chi connectivity index (χ3n) is 9.45. The van der Waals surface area contributed by atoms with Crippen molar-refractivity contribution in [2.24, 2.45) is 5.92 Å². The average molecular weight is 765 g/mol. The Balaban J connectivity index is 1.46. The molecule has 274 valence electrons. The number of methoxy groups -OCH3 is 1. The Kier molecular flexibility index (Phi) is 10.1. The van der Waals surface area contributed by atoms with Crippen LogP contribution in [0.15, 0.2) is 73.1 Å². The normalized spacial score (nSPS) is 19.7. The van der Waals surface area contributed by atoms with Crippen molar-refractivity contribution >= 4 is 41.0 Å². The number of hydrogen-bond acceptors (Lipinski definition) is 7. The highest BCUT2D eigenvalue weighted by atomic mass is 35.5. The first-order valence-corrected chi connectivity index (χ1v) is 17.0. The summed E-state index contributed by atoms with van der Waals surface area (Å²) in [6, 6.07) is 13.4. The van der Waals surface area contributed by atoms with Crippen LogP contribution in [-0.4, -0.2) is 66.7 Å². The third kappa shape index (κ3) is 8.16. The van der Waals surface area contributed by atoms with Gasteiger partial charge in [0, 0.05) is 22.8 Å². The molecule has 3 aromatic carbocycles. The van der Waals surface area contributed by atoms with Crippen molar-refractivity contribution in [1.82, 2.24) is 4.90 Å². The lowest BCUT2D eigenvalue weighted by Crippen LogP contribution is -2.53. The quantitative estimate of drug-likeness (QED) is 0.112. The van der Waals surface area contributed by atoms with E-state index in [4.69, 9.17) is 36.8 Å². The number of benzene rings is 3. The predicted octanol–water partition coefficient (Wildman–Crippen LogP) is 7.58. The zero-order valence-electron chi connectivity index (χ0n) is 30.4. The fraction of sp³-hybridized carbons (Fsp3) is 0.324. The molecule has 0 radical (unpaired) electrons. The summed E-state index contributed by atoms with van der Waals surface area (Å²) in [5, 5.41) is 20.4. The number of halogens is 5. The van der Waals surface area contributed by atoms with E-state index in [2.05, 4.69) is 9.64 Å². The monoisotopic (exact) mass is 763 g/mol. The van der Waals surface area contributed by atoms with E-state index in [1.807, 2.05) is 0 Å². The molecule has 7 rings (SSSR count). The van der Waals surface area contributed by atoms with Crippen molar-refractivity contribution in [2.45, 2.75) is 44.4 Å². The highest BCUT2D eigenvalue weighted by Gasteiger charge is 2.38. The maximum Gasteiger partial charge on any atom is 0.415 e. The van der Waals surface area contributed by atoms with Gasteiger partial charge in [-0.1, -0.05) is 53.5 Å². The molecule has 52 heavy (non-hydrogen) atoms. The summed E-state index contributed by atoms with van der Waals surface area (Å²) in [7, 11) is -3.10. The second kappa shape index (κ2) is 15.9. The zero-order valence-corrected chi connectivity index (χ0v) is 28.9. The zero-order chi connectivity index (χ0) is 39.6. The molecule has 0 spiro atoms. The van der Waals surface area contributed by atoms with Crippen LogP contribution in [0.3, 0.4) is 0 Å². The fourth-order valence-electron chi connectivity index (χ4n) is 6.89. The van der Waals surface area contributed by atoms with Gasteiger partial charge in [0.15, 0.2) is 11.5 Å². The number of amides is 1. The first-order chi connectivity index (χ1) is 26.1. The Labute approximate surface area is 311 Å². The van der Waals surface area contributed by atoms with E-state index in [0.717, 1.165) is 55.4 Å². The molecule has 1 amide bonds. The van der Waals surface area contributed by atoms with E-state index in [0.29, 0.717) is 16.8 Å². The van der Waals surface area contributed by atoms with Gasteiger partial charge in [-0.05, 0) is 85.3 Å². The van der Waals surface area contributed by atoms with E-state index in [9.17, 15) is 28.7 Å². The second-order valence-corrected chi connectivity index (χ2v) is 13.4. The minimum atomic E-state index is -3.34. The largest absolute Gasteiger partial charge is 0.493 e. The molecule has 1 aromatic heterocycles. The minimum absolute atomic E-state index is 0.0223. The van der Waals surface area contributed by atoms with Crippen molar-refractivity contribution in [3.05, 3.63) is 117 Å². The van der Waals surface area contributed by atoms with Crippen molar-refractivity contribution < 1.29 is 56.1 Å². The Morgan fingerprint density at radius 3 is 2.42 bits per heavy atom. The number of anilines is 1. The maximum atomic E-state index is 15.4. The van der Waals surface area contributed by atoms with Crippen molar-refractivity contribution in [3.8, 4) is 11.5 Å². The van der Waals surface area contributed by atoms with Crippen LogP contribution in [-0.2, 0) is 17.7 Å². The van der Waals surface area contributed by atoms with Crippen molar-refractivity contribution in [3.63, 3.8) is 0 Å². The minimum Gasteiger partial charge on any atom is -0.493 e. The van der Waals surface area contributed by atoms with Gasteiger partial charge in [-0.25, -0.2) is 14.0 Å². The fourth-order valence-corrected chi connectivity index (χ4v) is 7.50. The van der Waals surface area contributed by atoms with Crippen molar-refractivity contribution in [2.75, 3.05) is 31.6 Å². The first kappa shape index (κ1) is 33.1. The van der Waals surface area contributed by atoms with Gasteiger partial charge < -0.3 is 19.3 Å². The number of alkyl halides is 2. The molecule has 4 heterocycles. The molecule has 3 fully saturated rings. The summed E-state index contributed by atoms with van der Waals surface area (Å²) in [6.07, 6.45) is 2.63. The molecule has 2 N–H and O–H groups in total. The summed E-state index contributed by atoms with van der Waals surface area (Å²) >= 11 is 13.0. The number of rotatable bonds is 12. The smallest absolute Gasteiger partial charge is 0.415 e. The molecule has 10 nitrogen and oxygen atoms in total. The number of hydrogen-bond donors (Lipinski definition) is 2. The van der Waals surface area contributed by atoms with Crippen LogP contribution in [0.2, 0.25) is 10.0 Å². The lowest BCUT2D eigenvalue weighted by molar-refractivity contribution is -0.904. The molecule has 0 saturated carbocycles. The number of ether oxygens (including phenoxy) is 3. The molecule has 4 aromatic rings. The summed E-state index contributed by atoms with van der Waals surface area (Å²) in [5.41, 5.74) is 0.540. The second-order valence-electron chi connectivity index (χ2n) is 12.6. The van der Waals surface area contributed by atoms with Gasteiger partial charge in [-0.2, -0.15) is 8.78 Å². The summed E-state index contributed by atoms with van der Waals surface area (Å²) in [5.74, 6) is -4.16. The van der Waals surface area contributed by atoms with Gasteiger partial charge in [-0.3, -0.25) is 15.0 Å². The van der Waals surface area contributed by atoms with E-state index in [1.165, 1.54) is 42.5 Å². The molecule has 2 bridgehead atoms. The number of aromatic nitrogens is 1. The number of carboxylic acids is 1. The molecule has 0 unspecified atom stereocenters. The lowest BCUT2D eigenvalue weighted by Gasteiger charge is -2.44. The molecular weight excluding hydrogens is 726 g/mol. The van der Waals surface area contributed by atoms with E-state index < -0.39 is 55.1 Å². The number of carbonyl (C=O) groups is 2. The van der Waals surface area contributed by atoms with E-state index >= 15 is 4.39 Å². The Morgan fingerprint density at radius 2 is 1.79 bits per heavy atom. The summed E-state index contributed by atoms with van der Waals surface area (Å²) < 4.78 is 81.0. The van der Waals surface area contributed by atoms with Gasteiger partial charge >= 0.3 is 18.7 Å². The predicted molar refractivity (Wildman–Crippen MR) is 184 cm³/mol. The maximum absolute atomic E-state index is 15.4. The standard InChI is InChI=1S/C37H34Cl2F3N3O7/c1-50-33-15-23(7-9-32(33)51-36(41)42)25(16-27-28(38)18-44(49)19-29(27)39)26-14-21(6-8-24(26)35(46)47)17-45(31-5-3-2-4-30(31)40)37(48)52-34-20-43-12-10-22(34)11-13-43/h2-9,14-15,18-19,22,25,34,36H,10-13,16-17,20H2,1H3,(H-,46,47,49)/p+1/t25-,34-/m0/s1/i1D3. The van der Waals surface area contributed by atoms with Crippen LogP contribution in [0, 0.1) is 11.7 Å². The Hall–Kier alpha value is -4.72. The topological polar surface area (TPSA) is 113 Å². The molecule has 3 aliphatic rings. The van der Waals surface area contributed by atoms with Crippen molar-refractivity contribution in [1.29, 1.82) is 0 Å². The number of piperidine rings is 3. The molecule has 15 heteroatoms. The third-order valence-corrected chi connectivity index (χ3v) is 10.1. The first-order valence-electron chi connectivity index (χ1n) is 17.7. The van der Waals surface area contributed by atoms with Crippen LogP contribution in [0.25, 0.3) is 0 Å². The van der Waals surface area contributed by atoms with E-state index in [1.54, 1.807) is 6.07 Å². The summed E-state index contributed by atoms with van der Waals surface area (Å²) in [6.45, 7) is -1.25. The van der Waals surface area contributed by atoms with Crippen LogP contribution in [0.5, 0.6) is 11.5 Å². The molecule has 0 aliphatic carbocycles. The Bertz CT molecular complexity index is 2050. The van der Waals surface area contributed by atoms with Gasteiger partial charge in [0.25, 0.3) is 0 Å².